The Bertz CT molecular complexity index is 504. The van der Waals surface area contributed by atoms with Crippen molar-refractivity contribution in [3.8, 4) is 0 Å². The Balaban J connectivity index is 2.05. The van der Waals surface area contributed by atoms with Crippen molar-refractivity contribution in [2.24, 2.45) is 0 Å². The summed E-state index contributed by atoms with van der Waals surface area (Å²) in [5, 5.41) is 0. The molecular weight excluding hydrogens is 339 g/mol. The topological polar surface area (TPSA) is 49.3 Å². The van der Waals surface area contributed by atoms with Gasteiger partial charge in [-0.15, -0.1) is 0 Å². The number of amides is 1. The highest BCUT2D eigenvalue weighted by Gasteiger charge is 2.23. The normalized spacial score (nSPS) is 15.7. The van der Waals surface area contributed by atoms with Crippen LogP contribution in [0.4, 0.5) is 10.2 Å². The third-order valence-corrected chi connectivity index (χ3v) is 4.06. The van der Waals surface area contributed by atoms with Gasteiger partial charge in [0.15, 0.2) is 0 Å². The first-order valence-electron chi connectivity index (χ1n) is 7.14. The van der Waals surface area contributed by atoms with Crippen molar-refractivity contribution in [2.45, 2.75) is 26.2 Å². The molecule has 7 heteroatoms. The monoisotopic (exact) mass is 358 g/mol. The van der Waals surface area contributed by atoms with Gasteiger partial charge in [0.05, 0.1) is 17.6 Å². The van der Waals surface area contributed by atoms with Crippen LogP contribution < -0.4 is 4.90 Å². The molecule has 0 saturated carbocycles. The van der Waals surface area contributed by atoms with E-state index in [0.717, 1.165) is 16.1 Å². The van der Waals surface area contributed by atoms with Crippen LogP contribution >= 0.6 is 15.9 Å². The molecule has 1 aromatic rings. The zero-order valence-corrected chi connectivity index (χ0v) is 13.9. The molecule has 1 fully saturated rings. The highest BCUT2D eigenvalue weighted by atomic mass is 79.9. The van der Waals surface area contributed by atoms with Gasteiger partial charge in [0, 0.05) is 38.3 Å². The Morgan fingerprint density at radius 1 is 1.38 bits per heavy atom. The zero-order valence-electron chi connectivity index (χ0n) is 12.4. The summed E-state index contributed by atoms with van der Waals surface area (Å²) in [6.45, 7) is 6.13. The summed E-state index contributed by atoms with van der Waals surface area (Å²) in [5.74, 6) is 1.83. The molecule has 0 spiro atoms. The fourth-order valence-electron chi connectivity index (χ4n) is 2.28. The lowest BCUT2D eigenvalue weighted by Crippen LogP contribution is -2.49. The van der Waals surface area contributed by atoms with Crippen molar-refractivity contribution >= 4 is 27.7 Å². The molecule has 1 aliphatic rings. The van der Waals surface area contributed by atoms with Crippen molar-refractivity contribution in [1.29, 1.82) is 0 Å². The number of piperazine rings is 1. The molecule has 2 rings (SSSR count). The maximum Gasteiger partial charge on any atom is 0.225 e. The van der Waals surface area contributed by atoms with E-state index in [1.54, 1.807) is 11.1 Å². The molecule has 1 saturated heterocycles. The van der Waals surface area contributed by atoms with Gasteiger partial charge in [-0.25, -0.2) is 9.97 Å². The number of nitrogens with zero attached hydrogens (tertiary/aromatic N) is 4. The molecule has 1 aliphatic heterocycles. The van der Waals surface area contributed by atoms with Gasteiger partial charge < -0.3 is 9.80 Å². The SMILES string of the molecule is CC(C)c1ncc(Br)c(N2CCN(C(=O)CCF)CC2)n1. The number of alkyl halides is 1. The van der Waals surface area contributed by atoms with Crippen LogP contribution in [0.25, 0.3) is 0 Å². The van der Waals surface area contributed by atoms with Gasteiger partial charge in [-0.3, -0.25) is 9.18 Å². The highest BCUT2D eigenvalue weighted by Crippen LogP contribution is 2.26. The Morgan fingerprint density at radius 2 is 2.05 bits per heavy atom. The minimum absolute atomic E-state index is 0.0191. The van der Waals surface area contributed by atoms with Crippen LogP contribution in [-0.2, 0) is 4.79 Å². The van der Waals surface area contributed by atoms with Crippen molar-refractivity contribution in [3.63, 3.8) is 0 Å². The van der Waals surface area contributed by atoms with E-state index in [1.807, 2.05) is 0 Å². The molecule has 0 bridgehead atoms. The molecule has 1 amide bonds. The number of halogens is 2. The summed E-state index contributed by atoms with van der Waals surface area (Å²) in [7, 11) is 0. The molecule has 0 radical (unpaired) electrons. The molecule has 0 atom stereocenters. The molecule has 116 valence electrons. The van der Waals surface area contributed by atoms with Crippen LogP contribution in [-0.4, -0.2) is 53.6 Å². The van der Waals surface area contributed by atoms with Gasteiger partial charge in [-0.05, 0) is 15.9 Å². The number of hydrogen-bond donors (Lipinski definition) is 0. The van der Waals surface area contributed by atoms with E-state index in [1.165, 1.54) is 0 Å². The van der Waals surface area contributed by atoms with Crippen LogP contribution in [0, 0.1) is 0 Å². The molecule has 21 heavy (non-hydrogen) atoms. The average molecular weight is 359 g/mol. The van der Waals surface area contributed by atoms with Crippen molar-refractivity contribution in [3.05, 3.63) is 16.5 Å². The van der Waals surface area contributed by atoms with Gasteiger partial charge in [0.25, 0.3) is 0 Å². The van der Waals surface area contributed by atoms with Crippen LogP contribution in [0.1, 0.15) is 32.0 Å². The second-order valence-electron chi connectivity index (χ2n) is 5.36. The fraction of sp³-hybridized carbons (Fsp3) is 0.643. The Morgan fingerprint density at radius 3 is 2.62 bits per heavy atom. The van der Waals surface area contributed by atoms with E-state index in [2.05, 4.69) is 44.6 Å². The lowest BCUT2D eigenvalue weighted by molar-refractivity contribution is -0.131. The predicted molar refractivity (Wildman–Crippen MR) is 83.2 cm³/mol. The van der Waals surface area contributed by atoms with Gasteiger partial charge in [-0.2, -0.15) is 0 Å². The minimum atomic E-state index is -0.589. The summed E-state index contributed by atoms with van der Waals surface area (Å²) >= 11 is 3.49. The first-order valence-corrected chi connectivity index (χ1v) is 7.93. The summed E-state index contributed by atoms with van der Waals surface area (Å²) in [6.07, 6.45) is 1.76. The Kier molecular flexibility index (Phi) is 5.50. The maximum absolute atomic E-state index is 12.2. The van der Waals surface area contributed by atoms with E-state index in [4.69, 9.17) is 0 Å². The molecule has 5 nitrogen and oxygen atoms in total. The molecule has 0 unspecified atom stereocenters. The van der Waals surface area contributed by atoms with Crippen LogP contribution in [0.2, 0.25) is 0 Å². The number of hydrogen-bond acceptors (Lipinski definition) is 4. The lowest BCUT2D eigenvalue weighted by Gasteiger charge is -2.35. The van der Waals surface area contributed by atoms with Gasteiger partial charge in [0.2, 0.25) is 5.91 Å². The predicted octanol–water partition coefficient (Wildman–Crippen LogP) is 2.37. The summed E-state index contributed by atoms with van der Waals surface area (Å²) in [5.41, 5.74) is 0. The van der Waals surface area contributed by atoms with E-state index in [-0.39, 0.29) is 18.2 Å². The molecular formula is C14H20BrFN4O. The second kappa shape index (κ2) is 7.15. The molecule has 0 aromatic carbocycles. The first-order chi connectivity index (χ1) is 10.0. The smallest absolute Gasteiger partial charge is 0.225 e. The highest BCUT2D eigenvalue weighted by molar-refractivity contribution is 9.10. The summed E-state index contributed by atoms with van der Waals surface area (Å²) in [4.78, 5) is 24.5. The quantitative estimate of drug-likeness (QED) is 0.828. The minimum Gasteiger partial charge on any atom is -0.352 e. The van der Waals surface area contributed by atoms with E-state index >= 15 is 0 Å². The van der Waals surface area contributed by atoms with E-state index in [9.17, 15) is 9.18 Å². The van der Waals surface area contributed by atoms with Gasteiger partial charge >= 0.3 is 0 Å². The standard InChI is InChI=1S/C14H20BrFN4O/c1-10(2)13-17-9-11(15)14(18-13)20-7-5-19(6-8-20)12(21)3-4-16/h9-10H,3-8H2,1-2H3. The van der Waals surface area contributed by atoms with Crippen LogP contribution in [0.15, 0.2) is 10.7 Å². The van der Waals surface area contributed by atoms with Crippen LogP contribution in [0.3, 0.4) is 0 Å². The Labute approximate surface area is 132 Å². The van der Waals surface area contributed by atoms with Crippen molar-refractivity contribution in [1.82, 2.24) is 14.9 Å². The fourth-order valence-corrected chi connectivity index (χ4v) is 2.72. The van der Waals surface area contributed by atoms with Crippen LogP contribution in [0.5, 0.6) is 0 Å². The Hall–Kier alpha value is -1.24. The summed E-state index contributed by atoms with van der Waals surface area (Å²) < 4.78 is 13.1. The number of anilines is 1. The number of carbonyl (C=O) groups is 1. The second-order valence-corrected chi connectivity index (χ2v) is 6.22. The first kappa shape index (κ1) is 16.1. The number of aromatic nitrogens is 2. The summed E-state index contributed by atoms with van der Waals surface area (Å²) in [6, 6.07) is 0. The maximum atomic E-state index is 12.2. The molecule has 2 heterocycles. The number of rotatable bonds is 4. The van der Waals surface area contributed by atoms with E-state index < -0.39 is 6.67 Å². The molecule has 1 aromatic heterocycles. The molecule has 0 N–H and O–H groups in total. The van der Waals surface area contributed by atoms with Gasteiger partial charge in [-0.1, -0.05) is 13.8 Å². The average Bonchev–Trinajstić information content (AvgIpc) is 2.48. The third-order valence-electron chi connectivity index (χ3n) is 3.50. The van der Waals surface area contributed by atoms with Gasteiger partial charge in [0.1, 0.15) is 11.6 Å². The zero-order chi connectivity index (χ0) is 15.4. The number of carbonyl (C=O) groups excluding carboxylic acids is 1. The third kappa shape index (κ3) is 3.90. The van der Waals surface area contributed by atoms with E-state index in [0.29, 0.717) is 26.2 Å². The van der Waals surface area contributed by atoms with Crippen molar-refractivity contribution in [2.75, 3.05) is 37.8 Å². The van der Waals surface area contributed by atoms with Crippen molar-refractivity contribution < 1.29 is 9.18 Å². The largest absolute Gasteiger partial charge is 0.352 e. The molecule has 0 aliphatic carbocycles. The lowest BCUT2D eigenvalue weighted by atomic mass is 10.2.